The van der Waals surface area contributed by atoms with Crippen molar-refractivity contribution in [1.29, 1.82) is 0 Å². The van der Waals surface area contributed by atoms with Crippen LogP contribution in [0.5, 0.6) is 0 Å². The Balaban J connectivity index is 1.69. The monoisotopic (exact) mass is 213 g/mol. The first-order chi connectivity index (χ1) is 7.83. The molecule has 0 aliphatic heterocycles. The molecule has 1 aromatic carbocycles. The Hall–Kier alpha value is -1.57. The summed E-state index contributed by atoms with van der Waals surface area (Å²) in [6, 6.07) is 9.70. The minimum atomic E-state index is 0.183. The van der Waals surface area contributed by atoms with E-state index in [0.717, 1.165) is 12.1 Å². The van der Waals surface area contributed by atoms with Crippen LogP contribution in [-0.4, -0.2) is 5.91 Å². The SMILES string of the molecule is O=C(Nc1ccccc1)[C@H]1C[C@H]2C=C[C@H]1C2. The van der Waals surface area contributed by atoms with E-state index in [1.807, 2.05) is 30.3 Å². The van der Waals surface area contributed by atoms with Crippen LogP contribution >= 0.6 is 0 Å². The molecule has 1 saturated carbocycles. The van der Waals surface area contributed by atoms with Gasteiger partial charge in [0.05, 0.1) is 0 Å². The summed E-state index contributed by atoms with van der Waals surface area (Å²) < 4.78 is 0. The molecule has 0 heterocycles. The van der Waals surface area contributed by atoms with Gasteiger partial charge in [-0.15, -0.1) is 0 Å². The van der Waals surface area contributed by atoms with Gasteiger partial charge in [-0.25, -0.2) is 0 Å². The minimum absolute atomic E-state index is 0.183. The molecule has 2 bridgehead atoms. The predicted octanol–water partition coefficient (Wildman–Crippen LogP) is 2.84. The molecule has 2 nitrogen and oxygen atoms in total. The lowest BCUT2D eigenvalue weighted by Gasteiger charge is -2.17. The van der Waals surface area contributed by atoms with Crippen molar-refractivity contribution in [2.75, 3.05) is 5.32 Å². The molecule has 1 aromatic rings. The summed E-state index contributed by atoms with van der Waals surface area (Å²) in [4.78, 5) is 12.1. The van der Waals surface area contributed by atoms with Crippen LogP contribution in [0.25, 0.3) is 0 Å². The van der Waals surface area contributed by atoms with Crippen LogP contribution in [0, 0.1) is 17.8 Å². The number of carbonyl (C=O) groups excluding carboxylic acids is 1. The standard InChI is InChI=1S/C14H15NO/c16-14(15-12-4-2-1-3-5-12)13-9-10-6-7-11(13)8-10/h1-7,10-11,13H,8-9H2,(H,15,16)/t10-,11-,13-/m0/s1. The predicted molar refractivity (Wildman–Crippen MR) is 63.9 cm³/mol. The fraction of sp³-hybridized carbons (Fsp3) is 0.357. The minimum Gasteiger partial charge on any atom is -0.326 e. The number of benzene rings is 1. The van der Waals surface area contributed by atoms with E-state index in [4.69, 9.17) is 0 Å². The van der Waals surface area contributed by atoms with E-state index in [0.29, 0.717) is 11.8 Å². The Bertz CT molecular complexity index is 424. The second kappa shape index (κ2) is 3.78. The van der Waals surface area contributed by atoms with Crippen LogP contribution in [0.15, 0.2) is 42.5 Å². The lowest BCUT2D eigenvalue weighted by Crippen LogP contribution is -2.25. The van der Waals surface area contributed by atoms with Gasteiger partial charge in [0.1, 0.15) is 0 Å². The van der Waals surface area contributed by atoms with E-state index in [2.05, 4.69) is 17.5 Å². The van der Waals surface area contributed by atoms with Crippen molar-refractivity contribution in [2.45, 2.75) is 12.8 Å². The highest BCUT2D eigenvalue weighted by Crippen LogP contribution is 2.43. The van der Waals surface area contributed by atoms with E-state index < -0.39 is 0 Å². The largest absolute Gasteiger partial charge is 0.326 e. The number of para-hydroxylation sites is 1. The summed E-state index contributed by atoms with van der Waals surface area (Å²) in [5.74, 6) is 1.50. The lowest BCUT2D eigenvalue weighted by molar-refractivity contribution is -0.120. The highest BCUT2D eigenvalue weighted by Gasteiger charge is 2.39. The molecule has 2 aliphatic carbocycles. The van der Waals surface area contributed by atoms with Crippen LogP contribution < -0.4 is 5.32 Å². The van der Waals surface area contributed by atoms with Gasteiger partial charge in [-0.05, 0) is 36.8 Å². The molecule has 3 atom stereocenters. The molecule has 1 amide bonds. The van der Waals surface area contributed by atoms with Crippen LogP contribution in [0.3, 0.4) is 0 Å². The zero-order valence-corrected chi connectivity index (χ0v) is 9.10. The molecule has 0 saturated heterocycles. The quantitative estimate of drug-likeness (QED) is 0.752. The Morgan fingerprint density at radius 3 is 2.56 bits per heavy atom. The summed E-state index contributed by atoms with van der Waals surface area (Å²) in [5.41, 5.74) is 0.902. The van der Waals surface area contributed by atoms with E-state index in [9.17, 15) is 4.79 Å². The normalized spacial score (nSPS) is 30.6. The first-order valence-electron chi connectivity index (χ1n) is 5.87. The highest BCUT2D eigenvalue weighted by atomic mass is 16.1. The number of allylic oxidation sites excluding steroid dienone is 2. The maximum atomic E-state index is 12.1. The Morgan fingerprint density at radius 1 is 1.12 bits per heavy atom. The number of fused-ring (bicyclic) bond motifs is 2. The van der Waals surface area contributed by atoms with Gasteiger partial charge in [0, 0.05) is 11.6 Å². The molecule has 0 aromatic heterocycles. The number of carbonyl (C=O) groups is 1. The Morgan fingerprint density at radius 2 is 1.94 bits per heavy atom. The van der Waals surface area contributed by atoms with Gasteiger partial charge in [-0.2, -0.15) is 0 Å². The number of nitrogens with one attached hydrogen (secondary N) is 1. The summed E-state index contributed by atoms with van der Waals surface area (Å²) in [5, 5.41) is 3.00. The summed E-state index contributed by atoms with van der Waals surface area (Å²) in [6.07, 6.45) is 6.67. The Labute approximate surface area is 95.4 Å². The summed E-state index contributed by atoms with van der Waals surface area (Å²) in [6.45, 7) is 0. The van der Waals surface area contributed by atoms with Crippen LogP contribution in [0.1, 0.15) is 12.8 Å². The molecule has 16 heavy (non-hydrogen) atoms. The third-order valence-corrected chi connectivity index (χ3v) is 3.66. The molecule has 82 valence electrons. The molecule has 1 fully saturated rings. The van der Waals surface area contributed by atoms with Gasteiger partial charge in [0.2, 0.25) is 5.91 Å². The van der Waals surface area contributed by atoms with E-state index in [1.54, 1.807) is 0 Å². The molecule has 2 heteroatoms. The van der Waals surface area contributed by atoms with Crippen molar-refractivity contribution in [3.8, 4) is 0 Å². The maximum Gasteiger partial charge on any atom is 0.228 e. The first-order valence-corrected chi connectivity index (χ1v) is 5.87. The Kier molecular flexibility index (Phi) is 2.28. The summed E-state index contributed by atoms with van der Waals surface area (Å²) >= 11 is 0. The second-order valence-electron chi connectivity index (χ2n) is 4.74. The maximum absolute atomic E-state index is 12.1. The zero-order valence-electron chi connectivity index (χ0n) is 9.10. The smallest absolute Gasteiger partial charge is 0.228 e. The fourth-order valence-electron chi connectivity index (χ4n) is 2.84. The number of amides is 1. The van der Waals surface area contributed by atoms with E-state index >= 15 is 0 Å². The number of hydrogen-bond acceptors (Lipinski definition) is 1. The molecule has 2 aliphatic rings. The van der Waals surface area contributed by atoms with Gasteiger partial charge in [-0.3, -0.25) is 4.79 Å². The molecule has 0 spiro atoms. The van der Waals surface area contributed by atoms with Gasteiger partial charge in [0.25, 0.3) is 0 Å². The highest BCUT2D eigenvalue weighted by molar-refractivity contribution is 5.93. The third-order valence-electron chi connectivity index (χ3n) is 3.66. The topological polar surface area (TPSA) is 29.1 Å². The molecule has 1 N–H and O–H groups in total. The fourth-order valence-corrected chi connectivity index (χ4v) is 2.84. The number of rotatable bonds is 2. The third kappa shape index (κ3) is 1.64. The average Bonchev–Trinajstić information content (AvgIpc) is 2.92. The van der Waals surface area contributed by atoms with Crippen LogP contribution in [-0.2, 0) is 4.79 Å². The van der Waals surface area contributed by atoms with Gasteiger partial charge < -0.3 is 5.32 Å². The zero-order chi connectivity index (χ0) is 11.0. The van der Waals surface area contributed by atoms with E-state index in [1.165, 1.54) is 6.42 Å². The van der Waals surface area contributed by atoms with Crippen molar-refractivity contribution >= 4 is 11.6 Å². The van der Waals surface area contributed by atoms with E-state index in [-0.39, 0.29) is 11.8 Å². The van der Waals surface area contributed by atoms with Gasteiger partial charge in [0.15, 0.2) is 0 Å². The lowest BCUT2D eigenvalue weighted by atomic mass is 9.93. The summed E-state index contributed by atoms with van der Waals surface area (Å²) in [7, 11) is 0. The number of hydrogen-bond donors (Lipinski definition) is 1. The molecule has 0 radical (unpaired) electrons. The first kappa shape index (κ1) is 9.64. The van der Waals surface area contributed by atoms with Gasteiger partial charge in [-0.1, -0.05) is 30.4 Å². The van der Waals surface area contributed by atoms with Gasteiger partial charge >= 0.3 is 0 Å². The van der Waals surface area contributed by atoms with Crippen molar-refractivity contribution in [3.63, 3.8) is 0 Å². The van der Waals surface area contributed by atoms with Crippen LogP contribution in [0.2, 0.25) is 0 Å². The van der Waals surface area contributed by atoms with Crippen LogP contribution in [0.4, 0.5) is 5.69 Å². The molecule has 3 rings (SSSR count). The second-order valence-corrected chi connectivity index (χ2v) is 4.74. The number of anilines is 1. The molecular weight excluding hydrogens is 198 g/mol. The molecule has 0 unspecified atom stereocenters. The van der Waals surface area contributed by atoms with Crippen molar-refractivity contribution in [1.82, 2.24) is 0 Å². The van der Waals surface area contributed by atoms with Crippen molar-refractivity contribution < 1.29 is 4.79 Å². The van der Waals surface area contributed by atoms with Crippen molar-refractivity contribution in [3.05, 3.63) is 42.5 Å². The average molecular weight is 213 g/mol. The van der Waals surface area contributed by atoms with Crippen molar-refractivity contribution in [2.24, 2.45) is 17.8 Å². The molecular formula is C14H15NO.